The van der Waals surface area contributed by atoms with Gasteiger partial charge in [0, 0.05) is 29.8 Å². The molecule has 1 aliphatic heterocycles. The van der Waals surface area contributed by atoms with Crippen molar-refractivity contribution in [1.82, 2.24) is 0 Å². The van der Waals surface area contributed by atoms with Gasteiger partial charge in [0.15, 0.2) is 0 Å². The number of nitrogen functional groups attached to an aromatic ring is 1. The topological polar surface area (TPSA) is 61.3 Å². The summed E-state index contributed by atoms with van der Waals surface area (Å²) >= 11 is 0. The van der Waals surface area contributed by atoms with Gasteiger partial charge >= 0.3 is 0 Å². The van der Waals surface area contributed by atoms with Crippen molar-refractivity contribution in [2.45, 2.75) is 12.5 Å². The van der Waals surface area contributed by atoms with Crippen molar-refractivity contribution in [2.75, 3.05) is 12.3 Å². The van der Waals surface area contributed by atoms with E-state index in [9.17, 15) is 4.39 Å². The summed E-state index contributed by atoms with van der Waals surface area (Å²) in [6.45, 7) is 0.525. The lowest BCUT2D eigenvalue weighted by molar-refractivity contribution is 0.268. The summed E-state index contributed by atoms with van der Waals surface area (Å²) in [6, 6.07) is 2.46. The van der Waals surface area contributed by atoms with Crippen molar-refractivity contribution in [3.05, 3.63) is 23.5 Å². The van der Waals surface area contributed by atoms with E-state index in [1.165, 1.54) is 12.1 Å². The average Bonchev–Trinajstić information content (AvgIpc) is 2.02. The van der Waals surface area contributed by atoms with Crippen LogP contribution in [0.4, 0.5) is 10.1 Å². The summed E-state index contributed by atoms with van der Waals surface area (Å²) in [4.78, 5) is 0. The van der Waals surface area contributed by atoms with Crippen molar-refractivity contribution < 1.29 is 9.13 Å². The van der Waals surface area contributed by atoms with Crippen molar-refractivity contribution in [3.63, 3.8) is 0 Å². The first-order valence-corrected chi connectivity index (χ1v) is 4.16. The molecule has 0 bridgehead atoms. The van der Waals surface area contributed by atoms with Gasteiger partial charge in [-0.15, -0.1) is 0 Å². The van der Waals surface area contributed by atoms with Crippen molar-refractivity contribution in [2.24, 2.45) is 5.73 Å². The quantitative estimate of drug-likeness (QED) is 0.592. The summed E-state index contributed by atoms with van der Waals surface area (Å²) in [7, 11) is 0. The summed E-state index contributed by atoms with van der Waals surface area (Å²) < 4.78 is 18.1. The number of rotatable bonds is 0. The molecular weight excluding hydrogens is 171 g/mol. The standard InChI is InChI=1S/C9H11FN2O/c10-5-3-7(12)9-6(11)1-2-13-8(9)4-5/h3-4,6H,1-2,11-12H2. The Morgan fingerprint density at radius 2 is 2.23 bits per heavy atom. The smallest absolute Gasteiger partial charge is 0.129 e. The van der Waals surface area contributed by atoms with E-state index in [1.807, 2.05) is 0 Å². The van der Waals surface area contributed by atoms with Crippen LogP contribution in [0.1, 0.15) is 18.0 Å². The van der Waals surface area contributed by atoms with Gasteiger partial charge in [-0.05, 0) is 6.07 Å². The summed E-state index contributed by atoms with van der Waals surface area (Å²) in [5.74, 6) is 0.0987. The Hall–Kier alpha value is -1.29. The fourth-order valence-electron chi connectivity index (χ4n) is 1.57. The fraction of sp³-hybridized carbons (Fsp3) is 0.333. The highest BCUT2D eigenvalue weighted by molar-refractivity contribution is 5.56. The molecule has 3 nitrogen and oxygen atoms in total. The first-order chi connectivity index (χ1) is 6.18. The normalized spacial score (nSPS) is 20.6. The highest BCUT2D eigenvalue weighted by atomic mass is 19.1. The van der Waals surface area contributed by atoms with Gasteiger partial charge in [0.1, 0.15) is 11.6 Å². The molecule has 1 aliphatic rings. The van der Waals surface area contributed by atoms with Crippen LogP contribution in [0.15, 0.2) is 12.1 Å². The minimum absolute atomic E-state index is 0.135. The van der Waals surface area contributed by atoms with Crippen LogP contribution in [0.3, 0.4) is 0 Å². The number of ether oxygens (including phenoxy) is 1. The molecular formula is C9H11FN2O. The summed E-state index contributed by atoms with van der Waals surface area (Å²) in [6.07, 6.45) is 0.725. The SMILES string of the molecule is Nc1cc(F)cc2c1C(N)CCO2. The first-order valence-electron chi connectivity index (χ1n) is 4.16. The van der Waals surface area contributed by atoms with E-state index in [0.29, 0.717) is 18.0 Å². The van der Waals surface area contributed by atoms with Crippen LogP contribution < -0.4 is 16.2 Å². The zero-order valence-electron chi connectivity index (χ0n) is 7.09. The molecule has 1 atom stereocenters. The highest BCUT2D eigenvalue weighted by Gasteiger charge is 2.21. The average molecular weight is 182 g/mol. The third-order valence-electron chi connectivity index (χ3n) is 2.20. The predicted octanol–water partition coefficient (Wildman–Crippen LogP) is 1.19. The number of nitrogens with two attached hydrogens (primary N) is 2. The van der Waals surface area contributed by atoms with E-state index in [0.717, 1.165) is 12.0 Å². The Bertz CT molecular complexity index is 341. The van der Waals surface area contributed by atoms with E-state index >= 15 is 0 Å². The lowest BCUT2D eigenvalue weighted by atomic mass is 9.99. The summed E-state index contributed by atoms with van der Waals surface area (Å²) in [5.41, 5.74) is 12.6. The number of benzene rings is 1. The third-order valence-corrected chi connectivity index (χ3v) is 2.20. The largest absolute Gasteiger partial charge is 0.493 e. The predicted molar refractivity (Wildman–Crippen MR) is 47.9 cm³/mol. The molecule has 1 heterocycles. The van der Waals surface area contributed by atoms with Crippen molar-refractivity contribution in [1.29, 1.82) is 0 Å². The monoisotopic (exact) mass is 182 g/mol. The molecule has 4 N–H and O–H groups in total. The molecule has 13 heavy (non-hydrogen) atoms. The van der Waals surface area contributed by atoms with Gasteiger partial charge in [-0.2, -0.15) is 0 Å². The second kappa shape index (κ2) is 2.88. The van der Waals surface area contributed by atoms with Crippen LogP contribution in [0.2, 0.25) is 0 Å². The molecule has 1 aromatic carbocycles. The minimum atomic E-state index is -0.384. The van der Waals surface area contributed by atoms with E-state index in [2.05, 4.69) is 0 Å². The van der Waals surface area contributed by atoms with Gasteiger partial charge in [0.05, 0.1) is 6.61 Å². The Morgan fingerprint density at radius 1 is 1.46 bits per heavy atom. The highest BCUT2D eigenvalue weighted by Crippen LogP contribution is 2.35. The van der Waals surface area contributed by atoms with Crippen LogP contribution in [0.5, 0.6) is 5.75 Å². The Labute approximate surface area is 75.5 Å². The molecule has 1 aromatic rings. The number of hydrogen-bond acceptors (Lipinski definition) is 3. The molecule has 0 spiro atoms. The lowest BCUT2D eigenvalue weighted by Gasteiger charge is -2.24. The van der Waals surface area contributed by atoms with Gasteiger partial charge in [-0.3, -0.25) is 0 Å². The molecule has 2 rings (SSSR count). The van der Waals surface area contributed by atoms with Crippen molar-refractivity contribution in [3.8, 4) is 5.75 Å². The number of halogens is 1. The Kier molecular flexibility index (Phi) is 1.84. The third kappa shape index (κ3) is 1.33. The molecule has 0 amide bonds. The van der Waals surface area contributed by atoms with Gasteiger partial charge in [0.25, 0.3) is 0 Å². The van der Waals surface area contributed by atoms with Crippen molar-refractivity contribution >= 4 is 5.69 Å². The van der Waals surface area contributed by atoms with E-state index in [-0.39, 0.29) is 11.9 Å². The number of fused-ring (bicyclic) bond motifs is 1. The molecule has 0 saturated carbocycles. The van der Waals surface area contributed by atoms with Gasteiger partial charge in [-0.25, -0.2) is 4.39 Å². The molecule has 0 saturated heterocycles. The molecule has 4 heteroatoms. The lowest BCUT2D eigenvalue weighted by Crippen LogP contribution is -2.22. The molecule has 0 fully saturated rings. The molecule has 70 valence electrons. The minimum Gasteiger partial charge on any atom is -0.493 e. The van der Waals surface area contributed by atoms with E-state index in [1.54, 1.807) is 0 Å². The number of hydrogen-bond donors (Lipinski definition) is 2. The molecule has 0 aromatic heterocycles. The maximum absolute atomic E-state index is 12.9. The zero-order chi connectivity index (χ0) is 9.42. The fourth-order valence-corrected chi connectivity index (χ4v) is 1.57. The van der Waals surface area contributed by atoms with E-state index < -0.39 is 0 Å². The second-order valence-electron chi connectivity index (χ2n) is 3.15. The van der Waals surface area contributed by atoms with Crippen LogP contribution in [0.25, 0.3) is 0 Å². The maximum Gasteiger partial charge on any atom is 0.129 e. The first kappa shape index (κ1) is 8.31. The molecule has 1 unspecified atom stereocenters. The molecule has 0 aliphatic carbocycles. The van der Waals surface area contributed by atoms with Crippen LogP contribution in [-0.2, 0) is 0 Å². The zero-order valence-corrected chi connectivity index (χ0v) is 7.09. The maximum atomic E-state index is 12.9. The van der Waals surface area contributed by atoms with Gasteiger partial charge in [0.2, 0.25) is 0 Å². The van der Waals surface area contributed by atoms with Gasteiger partial charge < -0.3 is 16.2 Å². The Morgan fingerprint density at radius 3 is 3.00 bits per heavy atom. The van der Waals surface area contributed by atoms with Crippen LogP contribution >= 0.6 is 0 Å². The van der Waals surface area contributed by atoms with Crippen LogP contribution in [-0.4, -0.2) is 6.61 Å². The number of anilines is 1. The van der Waals surface area contributed by atoms with E-state index in [4.69, 9.17) is 16.2 Å². The van der Waals surface area contributed by atoms with Gasteiger partial charge in [-0.1, -0.05) is 0 Å². The second-order valence-corrected chi connectivity index (χ2v) is 3.15. The summed E-state index contributed by atoms with van der Waals surface area (Å²) in [5, 5.41) is 0. The molecule has 0 radical (unpaired) electrons. The van der Waals surface area contributed by atoms with Crippen LogP contribution in [0, 0.1) is 5.82 Å². The Balaban J connectivity index is 2.56.